The zero-order valence-electron chi connectivity index (χ0n) is 17.9. The van der Waals surface area contributed by atoms with Gasteiger partial charge in [-0.3, -0.25) is 14.6 Å². The van der Waals surface area contributed by atoms with Gasteiger partial charge in [0.2, 0.25) is 11.7 Å². The number of carbonyl (C=O) groups is 2. The molecule has 1 atom stereocenters. The fourth-order valence-corrected chi connectivity index (χ4v) is 3.67. The predicted molar refractivity (Wildman–Crippen MR) is 116 cm³/mol. The number of hydrogen-bond donors (Lipinski definition) is 1. The van der Waals surface area contributed by atoms with Crippen molar-refractivity contribution in [3.63, 3.8) is 0 Å². The van der Waals surface area contributed by atoms with Crippen LogP contribution in [0.2, 0.25) is 0 Å². The fraction of sp³-hybridized carbons (Fsp3) is 0.348. The van der Waals surface area contributed by atoms with Crippen LogP contribution in [0.25, 0.3) is 11.4 Å². The summed E-state index contributed by atoms with van der Waals surface area (Å²) in [6, 6.07) is 10.6. The maximum Gasteiger partial charge on any atom is 0.261 e. The molecule has 3 heterocycles. The fourth-order valence-electron chi connectivity index (χ4n) is 3.67. The highest BCUT2D eigenvalue weighted by atomic mass is 16.5. The highest BCUT2D eigenvalue weighted by Crippen LogP contribution is 2.31. The molecule has 1 N–H and O–H groups in total. The van der Waals surface area contributed by atoms with Gasteiger partial charge in [0.05, 0.1) is 5.56 Å². The monoisotopic (exact) mass is 435 g/mol. The van der Waals surface area contributed by atoms with Gasteiger partial charge in [0.15, 0.2) is 6.61 Å². The van der Waals surface area contributed by atoms with E-state index in [0.717, 1.165) is 19.3 Å². The van der Waals surface area contributed by atoms with Crippen LogP contribution in [0.15, 0.2) is 53.3 Å². The summed E-state index contributed by atoms with van der Waals surface area (Å²) in [5.74, 6) is 1.01. The van der Waals surface area contributed by atoms with Gasteiger partial charge in [-0.1, -0.05) is 23.4 Å². The summed E-state index contributed by atoms with van der Waals surface area (Å²) >= 11 is 0. The number of likely N-dealkylation sites (tertiary alicyclic amines) is 1. The summed E-state index contributed by atoms with van der Waals surface area (Å²) < 4.78 is 11.2. The van der Waals surface area contributed by atoms with Crippen molar-refractivity contribution >= 4 is 11.8 Å². The lowest BCUT2D eigenvalue weighted by molar-refractivity contribution is -0.138. The number of amides is 2. The lowest BCUT2D eigenvalue weighted by Crippen LogP contribution is -2.41. The molecule has 0 radical (unpaired) electrons. The van der Waals surface area contributed by atoms with Crippen molar-refractivity contribution in [3.8, 4) is 17.1 Å². The third-order valence-corrected chi connectivity index (χ3v) is 5.25. The molecule has 0 saturated carbocycles. The number of pyridine rings is 1. The highest BCUT2D eigenvalue weighted by molar-refractivity contribution is 5.94. The molecule has 0 bridgehead atoms. The van der Waals surface area contributed by atoms with E-state index in [2.05, 4.69) is 20.4 Å². The Morgan fingerprint density at radius 2 is 2.06 bits per heavy atom. The van der Waals surface area contributed by atoms with Crippen molar-refractivity contribution in [1.29, 1.82) is 0 Å². The van der Waals surface area contributed by atoms with Crippen LogP contribution in [0.1, 0.15) is 48.5 Å². The first-order chi connectivity index (χ1) is 15.7. The molecule has 3 aromatic rings. The third kappa shape index (κ3) is 4.93. The van der Waals surface area contributed by atoms with Crippen molar-refractivity contribution in [2.75, 3.05) is 19.7 Å². The van der Waals surface area contributed by atoms with Crippen molar-refractivity contribution in [1.82, 2.24) is 25.3 Å². The van der Waals surface area contributed by atoms with E-state index in [1.807, 2.05) is 37.3 Å². The van der Waals surface area contributed by atoms with E-state index < -0.39 is 0 Å². The maximum absolute atomic E-state index is 12.9. The number of nitrogens with one attached hydrogen (secondary N) is 1. The Balaban J connectivity index is 1.48. The van der Waals surface area contributed by atoms with Crippen LogP contribution < -0.4 is 10.1 Å². The third-order valence-electron chi connectivity index (χ3n) is 5.25. The van der Waals surface area contributed by atoms with E-state index in [0.29, 0.717) is 41.7 Å². The quantitative estimate of drug-likeness (QED) is 0.607. The number of nitrogens with zero attached hydrogens (tertiary/aromatic N) is 4. The topological polar surface area (TPSA) is 110 Å². The van der Waals surface area contributed by atoms with Crippen molar-refractivity contribution in [2.45, 2.75) is 32.2 Å². The standard InChI is InChI=1S/C23H25N5O4/c1-2-25-22(30)17-12-16(13-24-14-17)21-26-23(32-27-21)19-10-6-7-11-28(19)20(29)15-31-18-8-4-3-5-9-18/h3-5,8-9,12-14,19H,2,6-7,10-11,15H2,1H3,(H,25,30). The SMILES string of the molecule is CCNC(=O)c1cncc(-c2noc(C3CCCCN3C(=O)COc3ccccc3)n2)c1. The van der Waals surface area contributed by atoms with E-state index in [1.54, 1.807) is 17.2 Å². The van der Waals surface area contributed by atoms with Crippen LogP contribution in [0.4, 0.5) is 0 Å². The molecule has 9 heteroatoms. The average molecular weight is 435 g/mol. The smallest absolute Gasteiger partial charge is 0.261 e. The molecule has 1 unspecified atom stereocenters. The zero-order chi connectivity index (χ0) is 22.3. The number of para-hydroxylation sites is 1. The van der Waals surface area contributed by atoms with Crippen LogP contribution in [-0.2, 0) is 4.79 Å². The number of hydrogen-bond acceptors (Lipinski definition) is 7. The molecule has 1 aliphatic rings. The van der Waals surface area contributed by atoms with E-state index in [9.17, 15) is 9.59 Å². The average Bonchev–Trinajstić information content (AvgIpc) is 3.34. The number of carbonyl (C=O) groups excluding carboxylic acids is 2. The maximum atomic E-state index is 12.9. The molecule has 1 fully saturated rings. The lowest BCUT2D eigenvalue weighted by atomic mass is 10.0. The molecule has 9 nitrogen and oxygen atoms in total. The van der Waals surface area contributed by atoms with Gasteiger partial charge in [0.1, 0.15) is 11.8 Å². The van der Waals surface area contributed by atoms with Gasteiger partial charge < -0.3 is 19.5 Å². The van der Waals surface area contributed by atoms with Gasteiger partial charge in [0, 0.05) is 31.0 Å². The summed E-state index contributed by atoms with van der Waals surface area (Å²) in [5.41, 5.74) is 0.994. The molecule has 0 spiro atoms. The summed E-state index contributed by atoms with van der Waals surface area (Å²) in [5, 5.41) is 6.81. The highest BCUT2D eigenvalue weighted by Gasteiger charge is 2.32. The predicted octanol–water partition coefficient (Wildman–Crippen LogP) is 3.01. The van der Waals surface area contributed by atoms with Gasteiger partial charge in [-0.25, -0.2) is 0 Å². The van der Waals surface area contributed by atoms with Crippen molar-refractivity contribution in [2.24, 2.45) is 0 Å². The van der Waals surface area contributed by atoms with E-state index in [1.165, 1.54) is 6.20 Å². The summed E-state index contributed by atoms with van der Waals surface area (Å²) in [7, 11) is 0. The number of rotatable bonds is 7. The first kappa shape index (κ1) is 21.5. The van der Waals surface area contributed by atoms with Gasteiger partial charge in [-0.2, -0.15) is 4.98 Å². The normalized spacial score (nSPS) is 15.9. The Labute approximate surface area is 185 Å². The molecular formula is C23H25N5O4. The molecule has 0 aliphatic carbocycles. The molecule has 32 heavy (non-hydrogen) atoms. The Morgan fingerprint density at radius 1 is 1.22 bits per heavy atom. The Bertz CT molecular complexity index is 1070. The van der Waals surface area contributed by atoms with Crippen LogP contribution in [0.3, 0.4) is 0 Å². The molecule has 1 aromatic carbocycles. The summed E-state index contributed by atoms with van der Waals surface area (Å²) in [6.07, 6.45) is 5.67. The van der Waals surface area contributed by atoms with Crippen molar-refractivity contribution < 1.29 is 18.8 Å². The number of ether oxygens (including phenoxy) is 1. The molecule has 1 aliphatic heterocycles. The van der Waals surface area contributed by atoms with Crippen LogP contribution in [0.5, 0.6) is 5.75 Å². The second kappa shape index (κ2) is 10.0. The molecule has 1 saturated heterocycles. The second-order valence-corrected chi connectivity index (χ2v) is 7.48. The van der Waals surface area contributed by atoms with Crippen molar-refractivity contribution in [3.05, 3.63) is 60.2 Å². The first-order valence-corrected chi connectivity index (χ1v) is 10.7. The number of benzene rings is 1. The van der Waals surface area contributed by atoms with Crippen LogP contribution in [-0.4, -0.2) is 51.5 Å². The van der Waals surface area contributed by atoms with Crippen LogP contribution >= 0.6 is 0 Å². The lowest BCUT2D eigenvalue weighted by Gasteiger charge is -2.33. The minimum atomic E-state index is -0.309. The Hall–Kier alpha value is -3.75. The summed E-state index contributed by atoms with van der Waals surface area (Å²) in [4.78, 5) is 35.3. The first-order valence-electron chi connectivity index (χ1n) is 10.7. The Kier molecular flexibility index (Phi) is 6.74. The minimum Gasteiger partial charge on any atom is -0.484 e. The zero-order valence-corrected chi connectivity index (χ0v) is 17.9. The molecule has 4 rings (SSSR count). The Morgan fingerprint density at radius 3 is 2.88 bits per heavy atom. The van der Waals surface area contributed by atoms with E-state index in [-0.39, 0.29) is 24.5 Å². The molecule has 2 amide bonds. The summed E-state index contributed by atoms with van der Waals surface area (Å²) in [6.45, 7) is 2.92. The van der Waals surface area contributed by atoms with Gasteiger partial charge in [-0.05, 0) is 44.4 Å². The van der Waals surface area contributed by atoms with Gasteiger partial charge in [-0.15, -0.1) is 0 Å². The largest absolute Gasteiger partial charge is 0.484 e. The number of piperidine rings is 1. The van der Waals surface area contributed by atoms with Gasteiger partial charge in [0.25, 0.3) is 11.8 Å². The van der Waals surface area contributed by atoms with E-state index >= 15 is 0 Å². The molecular weight excluding hydrogens is 410 g/mol. The number of aromatic nitrogens is 3. The molecule has 2 aromatic heterocycles. The molecule has 166 valence electrons. The van der Waals surface area contributed by atoms with E-state index in [4.69, 9.17) is 9.26 Å². The van der Waals surface area contributed by atoms with Crippen LogP contribution in [0, 0.1) is 0 Å². The minimum absolute atomic E-state index is 0.0555. The van der Waals surface area contributed by atoms with Gasteiger partial charge >= 0.3 is 0 Å². The second-order valence-electron chi connectivity index (χ2n) is 7.48.